The monoisotopic (exact) mass is 444 g/mol. The fourth-order valence-electron chi connectivity index (χ4n) is 4.64. The number of rotatable bonds is 6. The molecular weight excluding hydrogens is 420 g/mol. The molecule has 168 valence electrons. The van der Waals surface area contributed by atoms with Gasteiger partial charge in [0.15, 0.2) is 0 Å². The minimum Gasteiger partial charge on any atom is -0.315 e. The molecule has 1 fully saturated rings. The maximum atomic E-state index is 13.2. The van der Waals surface area contributed by atoms with Crippen LogP contribution in [-0.2, 0) is 16.1 Å². The number of benzene rings is 2. The molecule has 2 aliphatic rings. The molecule has 33 heavy (non-hydrogen) atoms. The number of hydrogen-bond acceptors (Lipinski definition) is 5. The lowest BCUT2D eigenvalue weighted by Crippen LogP contribution is -2.62. The van der Waals surface area contributed by atoms with Crippen molar-refractivity contribution in [3.63, 3.8) is 0 Å². The molecule has 1 unspecified atom stereocenters. The molecule has 3 heterocycles. The SMILES string of the molecule is CC12CCC(=O)N1c1ccccc1C(=O)N2CCC(=O)Nc1ncn(Cc2ccccc2)n1. The lowest BCUT2D eigenvalue weighted by molar-refractivity contribution is -0.117. The van der Waals surface area contributed by atoms with Crippen LogP contribution in [0.25, 0.3) is 0 Å². The Morgan fingerprint density at radius 3 is 2.67 bits per heavy atom. The molecule has 0 aliphatic carbocycles. The first-order valence-corrected chi connectivity index (χ1v) is 10.9. The van der Waals surface area contributed by atoms with Gasteiger partial charge < -0.3 is 4.90 Å². The van der Waals surface area contributed by atoms with Gasteiger partial charge in [-0.15, -0.1) is 5.10 Å². The number of carbonyl (C=O) groups is 3. The van der Waals surface area contributed by atoms with Gasteiger partial charge in [0.1, 0.15) is 12.0 Å². The summed E-state index contributed by atoms with van der Waals surface area (Å²) in [6, 6.07) is 17.0. The van der Waals surface area contributed by atoms with Gasteiger partial charge in [0, 0.05) is 19.4 Å². The molecule has 0 spiro atoms. The fraction of sp³-hybridized carbons (Fsp3) is 0.292. The molecule has 3 amide bonds. The Morgan fingerprint density at radius 1 is 1.09 bits per heavy atom. The first-order chi connectivity index (χ1) is 16.0. The molecule has 1 atom stereocenters. The van der Waals surface area contributed by atoms with E-state index in [-0.39, 0.29) is 36.6 Å². The van der Waals surface area contributed by atoms with Gasteiger partial charge in [-0.1, -0.05) is 42.5 Å². The zero-order valence-corrected chi connectivity index (χ0v) is 18.3. The van der Waals surface area contributed by atoms with Gasteiger partial charge >= 0.3 is 0 Å². The van der Waals surface area contributed by atoms with Crippen LogP contribution in [0.15, 0.2) is 60.9 Å². The van der Waals surface area contributed by atoms with Crippen molar-refractivity contribution in [2.45, 2.75) is 38.4 Å². The third-order valence-corrected chi connectivity index (χ3v) is 6.28. The zero-order valence-electron chi connectivity index (χ0n) is 18.3. The Kier molecular flexibility index (Phi) is 5.16. The Morgan fingerprint density at radius 2 is 1.85 bits per heavy atom. The number of carbonyl (C=O) groups excluding carboxylic acids is 3. The smallest absolute Gasteiger partial charge is 0.257 e. The summed E-state index contributed by atoms with van der Waals surface area (Å²) in [5, 5.41) is 7.00. The van der Waals surface area contributed by atoms with E-state index in [1.807, 2.05) is 43.3 Å². The van der Waals surface area contributed by atoms with Gasteiger partial charge in [0.2, 0.25) is 17.8 Å². The first-order valence-electron chi connectivity index (χ1n) is 10.9. The van der Waals surface area contributed by atoms with E-state index in [2.05, 4.69) is 15.4 Å². The van der Waals surface area contributed by atoms with Gasteiger partial charge in [-0.05, 0) is 31.0 Å². The molecular formula is C24H24N6O3. The lowest BCUT2D eigenvalue weighted by atomic mass is 9.98. The lowest BCUT2D eigenvalue weighted by Gasteiger charge is -2.48. The second-order valence-electron chi connectivity index (χ2n) is 8.47. The quantitative estimate of drug-likeness (QED) is 0.630. The van der Waals surface area contributed by atoms with Crippen molar-refractivity contribution in [3.8, 4) is 0 Å². The summed E-state index contributed by atoms with van der Waals surface area (Å²) in [5.41, 5.74) is 1.42. The fourth-order valence-corrected chi connectivity index (χ4v) is 4.64. The van der Waals surface area contributed by atoms with Crippen LogP contribution in [-0.4, -0.2) is 49.6 Å². The van der Waals surface area contributed by atoms with Crippen LogP contribution < -0.4 is 10.2 Å². The van der Waals surface area contributed by atoms with Gasteiger partial charge in [0.05, 0.1) is 17.8 Å². The van der Waals surface area contributed by atoms with Crippen LogP contribution >= 0.6 is 0 Å². The van der Waals surface area contributed by atoms with Crippen molar-refractivity contribution in [1.82, 2.24) is 19.7 Å². The Labute approximate surface area is 191 Å². The standard InChI is InChI=1S/C24H24N6O3/c1-24-13-11-21(32)30(24)19-10-6-5-9-18(19)22(33)29(24)14-12-20(31)26-23-25-16-28(27-23)15-17-7-3-2-4-8-17/h2-10,16H,11-15H2,1H3,(H,26,27,31). The highest BCUT2D eigenvalue weighted by atomic mass is 16.2. The molecule has 0 saturated carbocycles. The van der Waals surface area contributed by atoms with Crippen molar-refractivity contribution in [1.29, 1.82) is 0 Å². The zero-order chi connectivity index (χ0) is 23.0. The largest absolute Gasteiger partial charge is 0.315 e. The summed E-state index contributed by atoms with van der Waals surface area (Å²) in [4.78, 5) is 46.0. The molecule has 5 rings (SSSR count). The molecule has 2 aromatic carbocycles. The van der Waals surface area contributed by atoms with E-state index in [4.69, 9.17) is 0 Å². The van der Waals surface area contributed by atoms with Gasteiger partial charge in [-0.2, -0.15) is 0 Å². The van der Waals surface area contributed by atoms with E-state index in [0.29, 0.717) is 30.6 Å². The second kappa shape index (κ2) is 8.16. The normalized spacial score (nSPS) is 19.4. The highest BCUT2D eigenvalue weighted by Crippen LogP contribution is 2.43. The molecule has 9 heteroatoms. The van der Waals surface area contributed by atoms with E-state index in [0.717, 1.165) is 5.56 Å². The molecule has 1 saturated heterocycles. The summed E-state index contributed by atoms with van der Waals surface area (Å²) in [6.45, 7) is 2.62. The van der Waals surface area contributed by atoms with Crippen molar-refractivity contribution in [3.05, 3.63) is 72.1 Å². The molecule has 1 N–H and O–H groups in total. The van der Waals surface area contributed by atoms with Crippen molar-refractivity contribution in [2.75, 3.05) is 16.8 Å². The van der Waals surface area contributed by atoms with E-state index in [1.165, 1.54) is 0 Å². The minimum atomic E-state index is -0.779. The van der Waals surface area contributed by atoms with E-state index >= 15 is 0 Å². The topological polar surface area (TPSA) is 100 Å². The van der Waals surface area contributed by atoms with Crippen molar-refractivity contribution < 1.29 is 14.4 Å². The van der Waals surface area contributed by atoms with Crippen LogP contribution in [0.1, 0.15) is 42.1 Å². The van der Waals surface area contributed by atoms with Crippen LogP contribution in [0.2, 0.25) is 0 Å². The number of para-hydroxylation sites is 1. The molecule has 3 aromatic rings. The number of anilines is 2. The molecule has 9 nitrogen and oxygen atoms in total. The van der Waals surface area contributed by atoms with Crippen molar-refractivity contribution >= 4 is 29.4 Å². The molecule has 1 aromatic heterocycles. The number of fused-ring (bicyclic) bond motifs is 3. The number of nitrogens with zero attached hydrogens (tertiary/aromatic N) is 5. The first kappa shape index (κ1) is 20.9. The summed E-state index contributed by atoms with van der Waals surface area (Å²) in [5.74, 6) is -0.258. The van der Waals surface area contributed by atoms with Gasteiger partial charge in [0.25, 0.3) is 5.91 Å². The Balaban J connectivity index is 1.26. The third kappa shape index (κ3) is 3.75. The van der Waals surface area contributed by atoms with Crippen LogP contribution in [0.3, 0.4) is 0 Å². The van der Waals surface area contributed by atoms with Crippen LogP contribution in [0, 0.1) is 0 Å². The van der Waals surface area contributed by atoms with Crippen LogP contribution in [0.5, 0.6) is 0 Å². The maximum Gasteiger partial charge on any atom is 0.257 e. The predicted molar refractivity (Wildman–Crippen MR) is 121 cm³/mol. The number of nitrogens with one attached hydrogen (secondary N) is 1. The van der Waals surface area contributed by atoms with Crippen molar-refractivity contribution in [2.24, 2.45) is 0 Å². The molecule has 0 bridgehead atoms. The average molecular weight is 444 g/mol. The highest BCUT2D eigenvalue weighted by molar-refractivity contribution is 6.10. The Hall–Kier alpha value is -4.01. The highest BCUT2D eigenvalue weighted by Gasteiger charge is 2.52. The third-order valence-electron chi connectivity index (χ3n) is 6.28. The Bertz CT molecular complexity index is 1220. The predicted octanol–water partition coefficient (Wildman–Crippen LogP) is 2.65. The van der Waals surface area contributed by atoms with Crippen LogP contribution in [0.4, 0.5) is 11.6 Å². The molecule has 2 aliphatic heterocycles. The maximum absolute atomic E-state index is 13.2. The van der Waals surface area contributed by atoms with E-state index < -0.39 is 5.66 Å². The second-order valence-corrected chi connectivity index (χ2v) is 8.47. The number of amides is 3. The summed E-state index contributed by atoms with van der Waals surface area (Å²) >= 11 is 0. The summed E-state index contributed by atoms with van der Waals surface area (Å²) < 4.78 is 1.65. The number of hydrogen-bond donors (Lipinski definition) is 1. The number of aromatic nitrogens is 3. The average Bonchev–Trinajstić information content (AvgIpc) is 3.37. The summed E-state index contributed by atoms with van der Waals surface area (Å²) in [7, 11) is 0. The van der Waals surface area contributed by atoms with E-state index in [1.54, 1.807) is 39.0 Å². The molecule has 0 radical (unpaired) electrons. The minimum absolute atomic E-state index is 0.0138. The summed E-state index contributed by atoms with van der Waals surface area (Å²) in [6.07, 6.45) is 2.53. The van der Waals surface area contributed by atoms with Gasteiger partial charge in [-0.25, -0.2) is 9.67 Å². The van der Waals surface area contributed by atoms with E-state index in [9.17, 15) is 14.4 Å². The van der Waals surface area contributed by atoms with Gasteiger partial charge in [-0.3, -0.25) is 24.6 Å².